The van der Waals surface area contributed by atoms with E-state index in [1.807, 2.05) is 0 Å². The minimum Gasteiger partial charge on any atom is -0.486 e. The molecule has 0 saturated heterocycles. The number of hydrogen-bond donors (Lipinski definition) is 0. The van der Waals surface area contributed by atoms with Crippen LogP contribution in [0.25, 0.3) is 0 Å². The fraction of sp³-hybridized carbons (Fsp3) is 0.556. The number of carbonyl (C=O) groups excluding carboxylic acids is 2. The number of ketones is 1. The molecule has 5 heteroatoms. The molecular weight excluding hydrogens is 188 g/mol. The highest BCUT2D eigenvalue weighted by molar-refractivity contribution is 6.19. The van der Waals surface area contributed by atoms with Crippen molar-refractivity contribution in [1.29, 1.82) is 0 Å². The summed E-state index contributed by atoms with van der Waals surface area (Å²) in [6.45, 7) is 1.91. The molecule has 0 aliphatic carbocycles. The minimum absolute atomic E-state index is 0.0197. The van der Waals surface area contributed by atoms with E-state index in [4.69, 9.17) is 14.2 Å². The Kier molecular flexibility index (Phi) is 3.64. The predicted octanol–water partition coefficient (Wildman–Crippen LogP) is 0.0493. The van der Waals surface area contributed by atoms with E-state index in [-0.39, 0.29) is 36.9 Å². The molecule has 0 radical (unpaired) electrons. The SMILES string of the molecule is CCOC(=O)C1=C(COC)OCC1=O. The first-order valence-electron chi connectivity index (χ1n) is 4.25. The molecule has 1 heterocycles. The summed E-state index contributed by atoms with van der Waals surface area (Å²) in [5.74, 6) is -0.728. The Morgan fingerprint density at radius 3 is 2.86 bits per heavy atom. The van der Waals surface area contributed by atoms with Gasteiger partial charge in [0.25, 0.3) is 0 Å². The molecule has 0 aromatic rings. The molecule has 0 aromatic heterocycles. The van der Waals surface area contributed by atoms with Gasteiger partial charge in [0.05, 0.1) is 6.61 Å². The van der Waals surface area contributed by atoms with Crippen LogP contribution in [0.15, 0.2) is 11.3 Å². The second-order valence-electron chi connectivity index (χ2n) is 2.66. The zero-order valence-electron chi connectivity index (χ0n) is 8.16. The third kappa shape index (κ3) is 2.11. The lowest BCUT2D eigenvalue weighted by Crippen LogP contribution is -2.15. The van der Waals surface area contributed by atoms with Gasteiger partial charge in [-0.25, -0.2) is 4.79 Å². The third-order valence-corrected chi connectivity index (χ3v) is 1.69. The number of hydrogen-bond acceptors (Lipinski definition) is 5. The standard InChI is InChI=1S/C9H12O5/c1-3-13-9(11)8-6(10)4-14-7(8)5-12-2/h3-5H2,1-2H3. The summed E-state index contributed by atoms with van der Waals surface area (Å²) in [6.07, 6.45) is 0. The Morgan fingerprint density at radius 1 is 1.57 bits per heavy atom. The topological polar surface area (TPSA) is 61.8 Å². The van der Waals surface area contributed by atoms with Crippen LogP contribution in [0.1, 0.15) is 6.92 Å². The van der Waals surface area contributed by atoms with Crippen LogP contribution in [0.2, 0.25) is 0 Å². The average molecular weight is 200 g/mol. The monoisotopic (exact) mass is 200 g/mol. The summed E-state index contributed by atoms with van der Waals surface area (Å²) >= 11 is 0. The summed E-state index contributed by atoms with van der Waals surface area (Å²) in [5.41, 5.74) is -0.0197. The molecule has 0 spiro atoms. The zero-order chi connectivity index (χ0) is 10.6. The molecule has 0 saturated carbocycles. The number of esters is 1. The van der Waals surface area contributed by atoms with E-state index in [0.717, 1.165) is 0 Å². The largest absolute Gasteiger partial charge is 0.486 e. The quantitative estimate of drug-likeness (QED) is 0.474. The molecule has 5 nitrogen and oxygen atoms in total. The van der Waals surface area contributed by atoms with E-state index >= 15 is 0 Å². The van der Waals surface area contributed by atoms with Gasteiger partial charge in [0.2, 0.25) is 5.78 Å². The fourth-order valence-electron chi connectivity index (χ4n) is 1.13. The molecule has 1 rings (SSSR count). The maximum absolute atomic E-state index is 11.3. The third-order valence-electron chi connectivity index (χ3n) is 1.69. The van der Waals surface area contributed by atoms with Gasteiger partial charge in [0.1, 0.15) is 17.9 Å². The second-order valence-corrected chi connectivity index (χ2v) is 2.66. The maximum atomic E-state index is 11.3. The van der Waals surface area contributed by atoms with Crippen LogP contribution in [0.5, 0.6) is 0 Å². The van der Waals surface area contributed by atoms with Crippen molar-refractivity contribution in [2.75, 3.05) is 26.9 Å². The highest BCUT2D eigenvalue weighted by Crippen LogP contribution is 2.17. The van der Waals surface area contributed by atoms with Crippen LogP contribution < -0.4 is 0 Å². The number of carbonyl (C=O) groups is 2. The van der Waals surface area contributed by atoms with Gasteiger partial charge in [0.15, 0.2) is 6.61 Å². The minimum atomic E-state index is -0.637. The highest BCUT2D eigenvalue weighted by atomic mass is 16.5. The first kappa shape index (κ1) is 10.7. The molecular formula is C9H12O5. The van der Waals surface area contributed by atoms with E-state index in [1.54, 1.807) is 6.92 Å². The Morgan fingerprint density at radius 2 is 2.29 bits per heavy atom. The molecule has 0 amide bonds. The lowest BCUT2D eigenvalue weighted by atomic mass is 10.2. The Balaban J connectivity index is 2.82. The van der Waals surface area contributed by atoms with Crippen molar-refractivity contribution in [2.24, 2.45) is 0 Å². The van der Waals surface area contributed by atoms with Gasteiger partial charge in [-0.05, 0) is 6.92 Å². The summed E-state index contributed by atoms with van der Waals surface area (Å²) in [7, 11) is 1.46. The second kappa shape index (κ2) is 4.76. The molecule has 14 heavy (non-hydrogen) atoms. The molecule has 78 valence electrons. The van der Waals surface area contributed by atoms with Crippen molar-refractivity contribution in [3.63, 3.8) is 0 Å². The maximum Gasteiger partial charge on any atom is 0.345 e. The first-order valence-corrected chi connectivity index (χ1v) is 4.25. The summed E-state index contributed by atoms with van der Waals surface area (Å²) in [5, 5.41) is 0. The Labute approximate surface area is 81.6 Å². The molecule has 1 aliphatic heterocycles. The molecule has 0 atom stereocenters. The number of rotatable bonds is 4. The van der Waals surface area contributed by atoms with E-state index in [9.17, 15) is 9.59 Å². The molecule has 0 fully saturated rings. The lowest BCUT2D eigenvalue weighted by molar-refractivity contribution is -0.139. The molecule has 1 aliphatic rings. The van der Waals surface area contributed by atoms with Gasteiger partial charge in [-0.1, -0.05) is 0 Å². The van der Waals surface area contributed by atoms with Crippen molar-refractivity contribution in [3.8, 4) is 0 Å². The molecule has 0 unspecified atom stereocenters. The smallest absolute Gasteiger partial charge is 0.345 e. The van der Waals surface area contributed by atoms with Gasteiger partial charge in [-0.2, -0.15) is 0 Å². The Hall–Kier alpha value is -1.36. The van der Waals surface area contributed by atoms with Crippen molar-refractivity contribution in [1.82, 2.24) is 0 Å². The summed E-state index contributed by atoms with van der Waals surface area (Å²) < 4.78 is 14.5. The van der Waals surface area contributed by atoms with Crippen LogP contribution in [-0.4, -0.2) is 38.7 Å². The number of ether oxygens (including phenoxy) is 3. The van der Waals surface area contributed by atoms with E-state index in [0.29, 0.717) is 0 Å². The normalized spacial score (nSPS) is 15.7. The predicted molar refractivity (Wildman–Crippen MR) is 46.5 cm³/mol. The first-order chi connectivity index (χ1) is 6.70. The highest BCUT2D eigenvalue weighted by Gasteiger charge is 2.31. The van der Waals surface area contributed by atoms with E-state index in [1.165, 1.54) is 7.11 Å². The van der Waals surface area contributed by atoms with Crippen LogP contribution in [0.4, 0.5) is 0 Å². The zero-order valence-corrected chi connectivity index (χ0v) is 8.16. The number of Topliss-reactive ketones (excluding diaryl/α,β-unsaturated/α-hetero) is 1. The van der Waals surface area contributed by atoms with Crippen molar-refractivity contribution < 1.29 is 23.8 Å². The van der Waals surface area contributed by atoms with Crippen LogP contribution in [0.3, 0.4) is 0 Å². The van der Waals surface area contributed by atoms with Crippen LogP contribution in [0, 0.1) is 0 Å². The van der Waals surface area contributed by atoms with E-state index < -0.39 is 5.97 Å². The van der Waals surface area contributed by atoms with Gasteiger partial charge in [-0.15, -0.1) is 0 Å². The summed E-state index contributed by atoms with van der Waals surface area (Å²) in [6, 6.07) is 0. The number of methoxy groups -OCH3 is 1. The van der Waals surface area contributed by atoms with Gasteiger partial charge in [-0.3, -0.25) is 4.79 Å². The van der Waals surface area contributed by atoms with E-state index in [2.05, 4.69) is 0 Å². The van der Waals surface area contributed by atoms with Crippen molar-refractivity contribution >= 4 is 11.8 Å². The fourth-order valence-corrected chi connectivity index (χ4v) is 1.13. The average Bonchev–Trinajstić information content (AvgIpc) is 2.48. The van der Waals surface area contributed by atoms with Gasteiger partial charge < -0.3 is 14.2 Å². The Bertz CT molecular complexity index is 279. The van der Waals surface area contributed by atoms with Crippen LogP contribution in [-0.2, 0) is 23.8 Å². The van der Waals surface area contributed by atoms with Gasteiger partial charge in [0, 0.05) is 7.11 Å². The van der Waals surface area contributed by atoms with Crippen molar-refractivity contribution in [2.45, 2.75) is 6.92 Å². The molecule has 0 aromatic carbocycles. The van der Waals surface area contributed by atoms with Gasteiger partial charge >= 0.3 is 5.97 Å². The summed E-state index contributed by atoms with van der Waals surface area (Å²) in [4.78, 5) is 22.5. The lowest BCUT2D eigenvalue weighted by Gasteiger charge is -2.03. The molecule has 0 bridgehead atoms. The molecule has 0 N–H and O–H groups in total. The van der Waals surface area contributed by atoms with Crippen molar-refractivity contribution in [3.05, 3.63) is 11.3 Å². The van der Waals surface area contributed by atoms with Crippen LogP contribution >= 0.6 is 0 Å².